The van der Waals surface area contributed by atoms with Gasteiger partial charge in [0.05, 0.1) is 12.2 Å². The van der Waals surface area contributed by atoms with Gasteiger partial charge in [0.15, 0.2) is 0 Å². The first-order valence-corrected chi connectivity index (χ1v) is 8.08. The van der Waals surface area contributed by atoms with E-state index in [1.54, 1.807) is 17.4 Å². The fraction of sp³-hybridized carbons (Fsp3) is 0.353. The molecular weight excluding hydrogens is 280 g/mol. The number of para-hydroxylation sites is 1. The number of hydrogen-bond donors (Lipinski definition) is 0. The quantitative estimate of drug-likeness (QED) is 0.693. The van der Waals surface area contributed by atoms with E-state index in [9.17, 15) is 0 Å². The average molecular weight is 300 g/mol. The van der Waals surface area contributed by atoms with Crippen molar-refractivity contribution in [3.8, 4) is 11.8 Å². The lowest BCUT2D eigenvalue weighted by molar-refractivity contribution is 0.237. The van der Waals surface area contributed by atoms with Crippen LogP contribution in [0.4, 0.5) is 0 Å². The molecule has 1 aromatic heterocycles. The molecule has 0 radical (unpaired) electrons. The van der Waals surface area contributed by atoms with Crippen LogP contribution in [0.25, 0.3) is 0 Å². The second-order valence-corrected chi connectivity index (χ2v) is 5.79. The summed E-state index contributed by atoms with van der Waals surface area (Å²) in [5, 5.41) is 11.1. The molecule has 3 nitrogen and oxygen atoms in total. The van der Waals surface area contributed by atoms with E-state index in [2.05, 4.69) is 35.4 Å². The number of ether oxygens (including phenoxy) is 1. The molecule has 110 valence electrons. The summed E-state index contributed by atoms with van der Waals surface area (Å²) >= 11 is 1.80. The summed E-state index contributed by atoms with van der Waals surface area (Å²) in [7, 11) is 0. The second kappa shape index (κ2) is 8.46. The van der Waals surface area contributed by atoms with Crippen molar-refractivity contribution in [2.45, 2.75) is 19.9 Å². The molecule has 4 heteroatoms. The minimum absolute atomic E-state index is 0.600. The molecule has 0 aliphatic rings. The normalized spacial score (nSPS) is 10.5. The Bertz CT molecular complexity index is 575. The molecule has 2 rings (SSSR count). The highest BCUT2D eigenvalue weighted by Crippen LogP contribution is 2.17. The highest BCUT2D eigenvalue weighted by molar-refractivity contribution is 7.09. The highest BCUT2D eigenvalue weighted by atomic mass is 32.1. The van der Waals surface area contributed by atoms with Crippen LogP contribution in [0.2, 0.25) is 0 Å². The Morgan fingerprint density at radius 1 is 1.24 bits per heavy atom. The van der Waals surface area contributed by atoms with E-state index in [0.717, 1.165) is 26.1 Å². The monoisotopic (exact) mass is 300 g/mol. The van der Waals surface area contributed by atoms with Gasteiger partial charge in [-0.05, 0) is 36.5 Å². The lowest BCUT2D eigenvalue weighted by atomic mass is 10.2. The Morgan fingerprint density at radius 3 is 2.81 bits per heavy atom. The lowest BCUT2D eigenvalue weighted by Crippen LogP contribution is -2.24. The van der Waals surface area contributed by atoms with Crippen molar-refractivity contribution in [2.75, 3.05) is 19.7 Å². The predicted molar refractivity (Wildman–Crippen MR) is 86.5 cm³/mol. The molecule has 1 aromatic carbocycles. The summed E-state index contributed by atoms with van der Waals surface area (Å²) in [4.78, 5) is 3.80. The molecule has 2 aromatic rings. The molecule has 0 bridgehead atoms. The van der Waals surface area contributed by atoms with Crippen molar-refractivity contribution in [3.05, 3.63) is 52.2 Å². The van der Waals surface area contributed by atoms with Crippen LogP contribution in [0.5, 0.6) is 5.75 Å². The zero-order valence-electron chi connectivity index (χ0n) is 12.3. The van der Waals surface area contributed by atoms with Gasteiger partial charge in [-0.2, -0.15) is 5.26 Å². The standard InChI is InChI=1S/C17H20N2OS/c1-2-19(14-16-8-5-12-21-16)10-6-11-20-17-9-4-3-7-15(17)13-18/h3-5,7-9,12H,2,6,10-11,14H2,1H3. The summed E-state index contributed by atoms with van der Waals surface area (Å²) in [5.74, 6) is 0.682. The predicted octanol–water partition coefficient (Wildman–Crippen LogP) is 3.91. The van der Waals surface area contributed by atoms with Gasteiger partial charge in [-0.1, -0.05) is 25.1 Å². The van der Waals surface area contributed by atoms with Gasteiger partial charge in [-0.25, -0.2) is 0 Å². The van der Waals surface area contributed by atoms with E-state index in [4.69, 9.17) is 10.00 Å². The summed E-state index contributed by atoms with van der Waals surface area (Å²) in [6, 6.07) is 13.8. The van der Waals surface area contributed by atoms with Crippen molar-refractivity contribution in [3.63, 3.8) is 0 Å². The number of nitriles is 1. The zero-order chi connectivity index (χ0) is 14.9. The van der Waals surface area contributed by atoms with E-state index >= 15 is 0 Å². The Kier molecular flexibility index (Phi) is 6.26. The molecule has 1 heterocycles. The number of thiophene rings is 1. The first-order valence-electron chi connectivity index (χ1n) is 7.20. The Balaban J connectivity index is 1.74. The van der Waals surface area contributed by atoms with E-state index in [1.807, 2.05) is 18.2 Å². The van der Waals surface area contributed by atoms with Crippen molar-refractivity contribution in [2.24, 2.45) is 0 Å². The van der Waals surface area contributed by atoms with Crippen molar-refractivity contribution >= 4 is 11.3 Å². The Hall–Kier alpha value is -1.83. The topological polar surface area (TPSA) is 36.3 Å². The molecule has 0 amide bonds. The van der Waals surface area contributed by atoms with Crippen LogP contribution in [0.1, 0.15) is 23.8 Å². The number of rotatable bonds is 8. The van der Waals surface area contributed by atoms with Crippen LogP contribution in [0.3, 0.4) is 0 Å². The summed E-state index contributed by atoms with van der Waals surface area (Å²) in [6.45, 7) is 5.86. The number of hydrogen-bond acceptors (Lipinski definition) is 4. The third-order valence-corrected chi connectivity index (χ3v) is 4.15. The molecule has 0 fully saturated rings. The molecule has 0 atom stereocenters. The maximum atomic E-state index is 9.01. The van der Waals surface area contributed by atoms with Gasteiger partial charge in [0.2, 0.25) is 0 Å². The first kappa shape index (κ1) is 15.6. The highest BCUT2D eigenvalue weighted by Gasteiger charge is 2.05. The minimum Gasteiger partial charge on any atom is -0.492 e. The van der Waals surface area contributed by atoms with Crippen molar-refractivity contribution in [1.29, 1.82) is 5.26 Å². The lowest BCUT2D eigenvalue weighted by Gasteiger charge is -2.19. The van der Waals surface area contributed by atoms with E-state index in [-0.39, 0.29) is 0 Å². The Morgan fingerprint density at radius 2 is 2.10 bits per heavy atom. The molecule has 0 unspecified atom stereocenters. The van der Waals surface area contributed by atoms with E-state index < -0.39 is 0 Å². The van der Waals surface area contributed by atoms with Crippen LogP contribution < -0.4 is 4.74 Å². The SMILES string of the molecule is CCN(CCCOc1ccccc1C#N)Cc1cccs1. The smallest absolute Gasteiger partial charge is 0.137 e. The first-order chi connectivity index (χ1) is 10.3. The van der Waals surface area contributed by atoms with Gasteiger partial charge < -0.3 is 4.74 Å². The molecule has 0 saturated heterocycles. The summed E-state index contributed by atoms with van der Waals surface area (Å²) in [5.41, 5.74) is 0.600. The van der Waals surface area contributed by atoms with Crippen LogP contribution in [0, 0.1) is 11.3 Å². The van der Waals surface area contributed by atoms with Gasteiger partial charge in [0, 0.05) is 18.0 Å². The summed E-state index contributed by atoms with van der Waals surface area (Å²) in [6.07, 6.45) is 0.957. The third kappa shape index (κ3) is 4.89. The fourth-order valence-electron chi connectivity index (χ4n) is 2.13. The largest absolute Gasteiger partial charge is 0.492 e. The molecule has 0 aliphatic heterocycles. The molecular formula is C17H20N2OS. The fourth-order valence-corrected chi connectivity index (χ4v) is 2.87. The molecule has 0 saturated carbocycles. The van der Waals surface area contributed by atoms with Crippen molar-refractivity contribution in [1.82, 2.24) is 4.90 Å². The average Bonchev–Trinajstić information content (AvgIpc) is 3.03. The van der Waals surface area contributed by atoms with Crippen LogP contribution >= 0.6 is 11.3 Å². The van der Waals surface area contributed by atoms with E-state index in [1.165, 1.54) is 4.88 Å². The third-order valence-electron chi connectivity index (χ3n) is 3.29. The Labute approximate surface area is 130 Å². The van der Waals surface area contributed by atoms with Gasteiger partial charge in [-0.3, -0.25) is 4.90 Å². The van der Waals surface area contributed by atoms with Crippen LogP contribution in [-0.2, 0) is 6.54 Å². The maximum Gasteiger partial charge on any atom is 0.137 e. The molecule has 0 spiro atoms. The summed E-state index contributed by atoms with van der Waals surface area (Å²) < 4.78 is 5.71. The van der Waals surface area contributed by atoms with Gasteiger partial charge >= 0.3 is 0 Å². The van der Waals surface area contributed by atoms with Crippen LogP contribution in [-0.4, -0.2) is 24.6 Å². The van der Waals surface area contributed by atoms with Crippen LogP contribution in [0.15, 0.2) is 41.8 Å². The zero-order valence-corrected chi connectivity index (χ0v) is 13.1. The molecule has 0 N–H and O–H groups in total. The maximum absolute atomic E-state index is 9.01. The van der Waals surface area contributed by atoms with Gasteiger partial charge in [0.1, 0.15) is 11.8 Å². The number of benzene rings is 1. The number of nitrogens with zero attached hydrogens (tertiary/aromatic N) is 2. The van der Waals surface area contributed by atoms with Crippen molar-refractivity contribution < 1.29 is 4.74 Å². The van der Waals surface area contributed by atoms with Gasteiger partial charge in [0.25, 0.3) is 0 Å². The van der Waals surface area contributed by atoms with E-state index in [0.29, 0.717) is 17.9 Å². The molecule has 21 heavy (non-hydrogen) atoms. The second-order valence-electron chi connectivity index (χ2n) is 4.76. The molecule has 0 aliphatic carbocycles. The van der Waals surface area contributed by atoms with Gasteiger partial charge in [-0.15, -0.1) is 11.3 Å². The minimum atomic E-state index is 0.600.